The third kappa shape index (κ3) is 6.20. The summed E-state index contributed by atoms with van der Waals surface area (Å²) in [4.78, 5) is 11.8. The molecule has 0 aliphatic rings. The first-order chi connectivity index (χ1) is 11.2. The largest absolute Gasteiger partial charge is 0.494 e. The Bertz CT molecular complexity index is 612. The third-order valence-corrected chi connectivity index (χ3v) is 3.52. The molecule has 0 unspecified atom stereocenters. The Balaban J connectivity index is 1.66. The second-order valence-electron chi connectivity index (χ2n) is 5.07. The van der Waals surface area contributed by atoms with Crippen LogP contribution in [0.3, 0.4) is 0 Å². The fraction of sp³-hybridized carbons (Fsp3) is 0.278. The molecule has 0 spiro atoms. The molecule has 5 heteroatoms. The summed E-state index contributed by atoms with van der Waals surface area (Å²) in [6.45, 7) is 3.26. The van der Waals surface area contributed by atoms with Gasteiger partial charge in [0.15, 0.2) is 0 Å². The fourth-order valence-corrected chi connectivity index (χ4v) is 2.25. The van der Waals surface area contributed by atoms with Crippen LogP contribution in [0, 0.1) is 0 Å². The van der Waals surface area contributed by atoms with Gasteiger partial charge in [-0.25, -0.2) is 4.79 Å². The average Bonchev–Trinajstić information content (AvgIpc) is 2.55. The highest BCUT2D eigenvalue weighted by atomic mass is 35.5. The second-order valence-corrected chi connectivity index (χ2v) is 5.50. The molecule has 0 saturated carbocycles. The zero-order valence-electron chi connectivity index (χ0n) is 13.1. The van der Waals surface area contributed by atoms with Crippen LogP contribution in [0.1, 0.15) is 18.9 Å². The highest BCUT2D eigenvalue weighted by molar-refractivity contribution is 6.30. The number of urea groups is 1. The van der Waals surface area contributed by atoms with Crippen molar-refractivity contribution in [1.29, 1.82) is 0 Å². The Morgan fingerprint density at radius 1 is 1.09 bits per heavy atom. The van der Waals surface area contributed by atoms with Crippen molar-refractivity contribution < 1.29 is 9.53 Å². The van der Waals surface area contributed by atoms with Crippen molar-refractivity contribution in [3.05, 3.63) is 59.1 Å². The maximum Gasteiger partial charge on any atom is 0.319 e. The number of nitrogens with one attached hydrogen (secondary N) is 2. The SMILES string of the molecule is CCOc1ccc(CCCNC(=O)Nc2ccc(Cl)cc2)cc1. The molecule has 0 fully saturated rings. The van der Waals surface area contributed by atoms with Crippen LogP contribution in [0.15, 0.2) is 48.5 Å². The Kier molecular flexibility index (Phi) is 6.76. The number of aryl methyl sites for hydroxylation is 1. The number of benzene rings is 2. The third-order valence-electron chi connectivity index (χ3n) is 3.26. The van der Waals surface area contributed by atoms with E-state index in [1.807, 2.05) is 19.1 Å². The van der Waals surface area contributed by atoms with E-state index < -0.39 is 0 Å². The van der Waals surface area contributed by atoms with Crippen LogP contribution >= 0.6 is 11.6 Å². The van der Waals surface area contributed by atoms with E-state index in [4.69, 9.17) is 16.3 Å². The zero-order chi connectivity index (χ0) is 16.5. The van der Waals surface area contributed by atoms with Crippen molar-refractivity contribution in [3.63, 3.8) is 0 Å². The van der Waals surface area contributed by atoms with Crippen molar-refractivity contribution in [3.8, 4) is 5.75 Å². The summed E-state index contributed by atoms with van der Waals surface area (Å²) in [5.74, 6) is 0.886. The molecule has 23 heavy (non-hydrogen) atoms. The first kappa shape index (κ1) is 17.2. The van der Waals surface area contributed by atoms with Crippen molar-refractivity contribution in [1.82, 2.24) is 5.32 Å². The van der Waals surface area contributed by atoms with Gasteiger partial charge in [-0.1, -0.05) is 23.7 Å². The zero-order valence-corrected chi connectivity index (χ0v) is 13.9. The number of hydrogen-bond acceptors (Lipinski definition) is 2. The normalized spacial score (nSPS) is 10.2. The molecule has 0 aliphatic carbocycles. The lowest BCUT2D eigenvalue weighted by Crippen LogP contribution is -2.29. The summed E-state index contributed by atoms with van der Waals surface area (Å²) < 4.78 is 5.41. The molecule has 2 aromatic carbocycles. The minimum absolute atomic E-state index is 0.209. The van der Waals surface area contributed by atoms with Crippen molar-refractivity contribution in [2.75, 3.05) is 18.5 Å². The van der Waals surface area contributed by atoms with Gasteiger partial charge < -0.3 is 15.4 Å². The maximum atomic E-state index is 11.8. The van der Waals surface area contributed by atoms with E-state index >= 15 is 0 Å². The van der Waals surface area contributed by atoms with Crippen LogP contribution in [0.5, 0.6) is 5.75 Å². The van der Waals surface area contributed by atoms with Crippen LogP contribution in [0.4, 0.5) is 10.5 Å². The summed E-state index contributed by atoms with van der Waals surface area (Å²) in [5.41, 5.74) is 1.95. The summed E-state index contributed by atoms with van der Waals surface area (Å²) in [5, 5.41) is 6.25. The average molecular weight is 333 g/mol. The monoisotopic (exact) mass is 332 g/mol. The number of rotatable bonds is 7. The van der Waals surface area contributed by atoms with E-state index in [-0.39, 0.29) is 6.03 Å². The van der Waals surface area contributed by atoms with Gasteiger partial charge in [-0.3, -0.25) is 0 Å². The van der Waals surface area contributed by atoms with Crippen LogP contribution in [-0.4, -0.2) is 19.2 Å². The number of anilines is 1. The smallest absolute Gasteiger partial charge is 0.319 e. The lowest BCUT2D eigenvalue weighted by atomic mass is 10.1. The highest BCUT2D eigenvalue weighted by Gasteiger charge is 2.01. The minimum Gasteiger partial charge on any atom is -0.494 e. The molecule has 2 amide bonds. The fourth-order valence-electron chi connectivity index (χ4n) is 2.12. The van der Waals surface area contributed by atoms with Gasteiger partial charge in [-0.2, -0.15) is 0 Å². The van der Waals surface area contributed by atoms with Gasteiger partial charge in [-0.15, -0.1) is 0 Å². The molecule has 0 aromatic heterocycles. The molecule has 4 nitrogen and oxygen atoms in total. The standard InChI is InChI=1S/C18H21ClN2O2/c1-2-23-17-11-5-14(6-12-17)4-3-13-20-18(22)21-16-9-7-15(19)8-10-16/h5-12H,2-4,13H2,1H3,(H2,20,21,22). The van der Waals surface area contributed by atoms with Gasteiger partial charge >= 0.3 is 6.03 Å². The molecule has 0 radical (unpaired) electrons. The Morgan fingerprint density at radius 2 is 1.78 bits per heavy atom. The van der Waals surface area contributed by atoms with Gasteiger partial charge in [0.2, 0.25) is 0 Å². The maximum absolute atomic E-state index is 11.8. The van der Waals surface area contributed by atoms with E-state index in [2.05, 4.69) is 22.8 Å². The molecule has 0 aliphatic heterocycles. The van der Waals surface area contributed by atoms with Gasteiger partial charge in [0, 0.05) is 17.3 Å². The van der Waals surface area contributed by atoms with Crippen LogP contribution in [-0.2, 0) is 6.42 Å². The molecule has 2 rings (SSSR count). The number of hydrogen-bond donors (Lipinski definition) is 2. The predicted molar refractivity (Wildman–Crippen MR) is 94.4 cm³/mol. The molecule has 2 aromatic rings. The van der Waals surface area contributed by atoms with Gasteiger partial charge in [0.05, 0.1) is 6.61 Å². The molecule has 0 saturated heterocycles. The Hall–Kier alpha value is -2.20. The van der Waals surface area contributed by atoms with E-state index in [9.17, 15) is 4.79 Å². The van der Waals surface area contributed by atoms with Crippen molar-refractivity contribution in [2.45, 2.75) is 19.8 Å². The van der Waals surface area contributed by atoms with Crippen molar-refractivity contribution in [2.24, 2.45) is 0 Å². The van der Waals surface area contributed by atoms with E-state index in [0.29, 0.717) is 18.2 Å². The van der Waals surface area contributed by atoms with Gasteiger partial charge in [0.25, 0.3) is 0 Å². The summed E-state index contributed by atoms with van der Waals surface area (Å²) in [6, 6.07) is 14.9. The first-order valence-electron chi connectivity index (χ1n) is 7.69. The highest BCUT2D eigenvalue weighted by Crippen LogP contribution is 2.14. The van der Waals surface area contributed by atoms with Crippen LogP contribution in [0.2, 0.25) is 5.02 Å². The summed E-state index contributed by atoms with van der Waals surface area (Å²) >= 11 is 5.80. The molecule has 122 valence electrons. The lowest BCUT2D eigenvalue weighted by molar-refractivity contribution is 0.252. The van der Waals surface area contributed by atoms with E-state index in [0.717, 1.165) is 24.3 Å². The van der Waals surface area contributed by atoms with Gasteiger partial charge in [-0.05, 0) is 61.7 Å². The minimum atomic E-state index is -0.209. The Morgan fingerprint density at radius 3 is 2.43 bits per heavy atom. The molecule has 2 N–H and O–H groups in total. The number of ether oxygens (including phenoxy) is 1. The number of amides is 2. The molecule has 0 bridgehead atoms. The van der Waals surface area contributed by atoms with Crippen LogP contribution < -0.4 is 15.4 Å². The van der Waals surface area contributed by atoms with Gasteiger partial charge in [0.1, 0.15) is 5.75 Å². The van der Waals surface area contributed by atoms with Crippen molar-refractivity contribution >= 4 is 23.3 Å². The topological polar surface area (TPSA) is 50.4 Å². The number of halogens is 1. The predicted octanol–water partition coefficient (Wildman–Crippen LogP) is 4.49. The second kappa shape index (κ2) is 9.06. The quantitative estimate of drug-likeness (QED) is 0.734. The first-order valence-corrected chi connectivity index (χ1v) is 8.07. The van der Waals surface area contributed by atoms with Crippen LogP contribution in [0.25, 0.3) is 0 Å². The molecular formula is C18H21ClN2O2. The molecule has 0 atom stereocenters. The summed E-state index contributed by atoms with van der Waals surface area (Å²) in [6.07, 6.45) is 1.79. The lowest BCUT2D eigenvalue weighted by Gasteiger charge is -2.08. The van der Waals surface area contributed by atoms with E-state index in [1.165, 1.54) is 5.56 Å². The molecule has 0 heterocycles. The Labute approximate surface area is 141 Å². The summed E-state index contributed by atoms with van der Waals surface area (Å²) in [7, 11) is 0. The van der Waals surface area contributed by atoms with E-state index in [1.54, 1.807) is 24.3 Å². The number of carbonyl (C=O) groups excluding carboxylic acids is 1. The molecular weight excluding hydrogens is 312 g/mol. The number of carbonyl (C=O) groups is 1.